The second-order valence-electron chi connectivity index (χ2n) is 4.32. The van der Waals surface area contributed by atoms with E-state index >= 15 is 0 Å². The van der Waals surface area contributed by atoms with Crippen LogP contribution in [0.2, 0.25) is 0 Å². The van der Waals surface area contributed by atoms with Crippen molar-refractivity contribution in [2.75, 3.05) is 5.32 Å². The van der Waals surface area contributed by atoms with Gasteiger partial charge in [0, 0.05) is 11.7 Å². The van der Waals surface area contributed by atoms with Crippen molar-refractivity contribution in [3.63, 3.8) is 0 Å². The smallest absolute Gasteiger partial charge is 0.387 e. The SMILES string of the molecule is CC(Nc1ccc(OC(F)F)cc1)c1ccc(F)cc1. The molecule has 0 aliphatic carbocycles. The summed E-state index contributed by atoms with van der Waals surface area (Å²) in [6, 6.07) is 12.4. The molecule has 1 atom stereocenters. The average Bonchev–Trinajstić information content (AvgIpc) is 2.41. The minimum atomic E-state index is -2.83. The molecule has 0 saturated heterocycles. The number of hydrogen-bond acceptors (Lipinski definition) is 2. The monoisotopic (exact) mass is 281 g/mol. The van der Waals surface area contributed by atoms with E-state index < -0.39 is 6.61 Å². The van der Waals surface area contributed by atoms with Crippen LogP contribution in [0.1, 0.15) is 18.5 Å². The number of hydrogen-bond donors (Lipinski definition) is 1. The number of rotatable bonds is 5. The summed E-state index contributed by atoms with van der Waals surface area (Å²) >= 11 is 0. The van der Waals surface area contributed by atoms with Crippen LogP contribution in [-0.4, -0.2) is 6.61 Å². The molecule has 2 nitrogen and oxygen atoms in total. The standard InChI is InChI=1S/C15H14F3NO/c1-10(11-2-4-12(16)5-3-11)19-13-6-8-14(9-7-13)20-15(17)18/h2-10,15,19H,1H3. The number of benzene rings is 2. The molecule has 0 saturated carbocycles. The first kappa shape index (κ1) is 14.2. The maximum atomic E-state index is 12.8. The third-order valence-electron chi connectivity index (χ3n) is 2.83. The van der Waals surface area contributed by atoms with Gasteiger partial charge in [0.2, 0.25) is 0 Å². The number of anilines is 1. The average molecular weight is 281 g/mol. The van der Waals surface area contributed by atoms with Gasteiger partial charge in [0.1, 0.15) is 11.6 Å². The minimum absolute atomic E-state index is 0.0301. The van der Waals surface area contributed by atoms with Crippen LogP contribution >= 0.6 is 0 Å². The van der Waals surface area contributed by atoms with Crippen LogP contribution < -0.4 is 10.1 Å². The Bertz CT molecular complexity index is 540. The maximum absolute atomic E-state index is 12.8. The molecule has 0 heterocycles. The van der Waals surface area contributed by atoms with E-state index in [2.05, 4.69) is 10.1 Å². The van der Waals surface area contributed by atoms with Crippen molar-refractivity contribution in [1.29, 1.82) is 0 Å². The van der Waals surface area contributed by atoms with Gasteiger partial charge in [-0.15, -0.1) is 0 Å². The largest absolute Gasteiger partial charge is 0.435 e. The van der Waals surface area contributed by atoms with Crippen molar-refractivity contribution in [1.82, 2.24) is 0 Å². The van der Waals surface area contributed by atoms with Crippen molar-refractivity contribution in [3.05, 3.63) is 59.9 Å². The Kier molecular flexibility index (Phi) is 4.50. The summed E-state index contributed by atoms with van der Waals surface area (Å²) in [5.41, 5.74) is 1.70. The van der Waals surface area contributed by atoms with Crippen LogP contribution in [0.3, 0.4) is 0 Å². The van der Waals surface area contributed by atoms with Crippen molar-refractivity contribution in [2.24, 2.45) is 0 Å². The van der Waals surface area contributed by atoms with Crippen molar-refractivity contribution in [3.8, 4) is 5.75 Å². The number of halogens is 3. The zero-order valence-corrected chi connectivity index (χ0v) is 10.8. The first-order valence-electron chi connectivity index (χ1n) is 6.11. The van der Waals surface area contributed by atoms with Gasteiger partial charge in [-0.25, -0.2) is 4.39 Å². The zero-order valence-electron chi connectivity index (χ0n) is 10.8. The van der Waals surface area contributed by atoms with E-state index in [9.17, 15) is 13.2 Å². The van der Waals surface area contributed by atoms with Gasteiger partial charge in [0.15, 0.2) is 0 Å². The Morgan fingerprint density at radius 1 is 0.950 bits per heavy atom. The molecule has 0 bridgehead atoms. The van der Waals surface area contributed by atoms with Crippen molar-refractivity contribution >= 4 is 5.69 Å². The lowest BCUT2D eigenvalue weighted by Crippen LogP contribution is -2.07. The van der Waals surface area contributed by atoms with Crippen LogP contribution in [0.5, 0.6) is 5.75 Å². The first-order chi connectivity index (χ1) is 9.54. The predicted molar refractivity (Wildman–Crippen MR) is 71.5 cm³/mol. The third-order valence-corrected chi connectivity index (χ3v) is 2.83. The number of alkyl halides is 2. The highest BCUT2D eigenvalue weighted by atomic mass is 19.3. The second-order valence-corrected chi connectivity index (χ2v) is 4.32. The van der Waals surface area contributed by atoms with E-state index in [4.69, 9.17) is 0 Å². The van der Waals surface area contributed by atoms with Gasteiger partial charge in [-0.3, -0.25) is 0 Å². The molecule has 0 radical (unpaired) electrons. The van der Waals surface area contributed by atoms with Crippen LogP contribution in [0.4, 0.5) is 18.9 Å². The number of ether oxygens (including phenoxy) is 1. The first-order valence-corrected chi connectivity index (χ1v) is 6.11. The van der Waals surface area contributed by atoms with Crippen LogP contribution in [-0.2, 0) is 0 Å². The lowest BCUT2D eigenvalue weighted by atomic mass is 10.1. The summed E-state index contributed by atoms with van der Waals surface area (Å²) < 4.78 is 41.1. The molecule has 0 aliphatic rings. The maximum Gasteiger partial charge on any atom is 0.387 e. The van der Waals surface area contributed by atoms with Gasteiger partial charge in [0.05, 0.1) is 0 Å². The van der Waals surface area contributed by atoms with Crippen molar-refractivity contribution in [2.45, 2.75) is 19.6 Å². The molecular weight excluding hydrogens is 267 g/mol. The topological polar surface area (TPSA) is 21.3 Å². The molecule has 2 rings (SSSR count). The Hall–Kier alpha value is -2.17. The van der Waals surface area contributed by atoms with E-state index in [-0.39, 0.29) is 17.6 Å². The van der Waals surface area contributed by atoms with E-state index in [1.54, 1.807) is 24.3 Å². The molecule has 1 N–H and O–H groups in total. The molecule has 0 aromatic heterocycles. The molecule has 5 heteroatoms. The summed E-state index contributed by atoms with van der Waals surface area (Å²) in [6.07, 6.45) is 0. The molecule has 20 heavy (non-hydrogen) atoms. The van der Waals surface area contributed by atoms with Gasteiger partial charge in [-0.1, -0.05) is 12.1 Å². The zero-order chi connectivity index (χ0) is 14.5. The van der Waals surface area contributed by atoms with Gasteiger partial charge < -0.3 is 10.1 Å². The Morgan fingerprint density at radius 2 is 1.55 bits per heavy atom. The highest BCUT2D eigenvalue weighted by Crippen LogP contribution is 2.22. The molecule has 2 aromatic carbocycles. The van der Waals surface area contributed by atoms with E-state index in [1.807, 2.05) is 6.92 Å². The van der Waals surface area contributed by atoms with Gasteiger partial charge in [-0.05, 0) is 48.9 Å². The Balaban J connectivity index is 2.00. The lowest BCUT2D eigenvalue weighted by Gasteiger charge is -2.16. The Labute approximate surface area is 115 Å². The highest BCUT2D eigenvalue weighted by molar-refractivity contribution is 5.48. The van der Waals surface area contributed by atoms with Gasteiger partial charge >= 0.3 is 6.61 Å². The van der Waals surface area contributed by atoms with Crippen LogP contribution in [0, 0.1) is 5.82 Å². The highest BCUT2D eigenvalue weighted by Gasteiger charge is 2.07. The van der Waals surface area contributed by atoms with Gasteiger partial charge in [0.25, 0.3) is 0 Å². The fourth-order valence-electron chi connectivity index (χ4n) is 1.82. The number of nitrogens with one attached hydrogen (secondary N) is 1. The van der Waals surface area contributed by atoms with E-state index in [1.165, 1.54) is 24.3 Å². The van der Waals surface area contributed by atoms with E-state index in [0.717, 1.165) is 11.3 Å². The molecule has 0 aliphatic heterocycles. The third kappa shape index (κ3) is 3.91. The van der Waals surface area contributed by atoms with Gasteiger partial charge in [-0.2, -0.15) is 8.78 Å². The fourth-order valence-corrected chi connectivity index (χ4v) is 1.82. The van der Waals surface area contributed by atoms with Crippen LogP contribution in [0.15, 0.2) is 48.5 Å². The lowest BCUT2D eigenvalue weighted by molar-refractivity contribution is -0.0498. The van der Waals surface area contributed by atoms with E-state index in [0.29, 0.717) is 0 Å². The molecular formula is C15H14F3NO. The second kappa shape index (κ2) is 6.32. The quantitative estimate of drug-likeness (QED) is 0.864. The van der Waals surface area contributed by atoms with Crippen LogP contribution in [0.25, 0.3) is 0 Å². The molecule has 1 unspecified atom stereocenters. The predicted octanol–water partition coefficient (Wildman–Crippen LogP) is 4.60. The summed E-state index contributed by atoms with van der Waals surface area (Å²) in [5, 5.41) is 3.19. The minimum Gasteiger partial charge on any atom is -0.435 e. The molecule has 2 aromatic rings. The summed E-state index contributed by atoms with van der Waals surface area (Å²) in [4.78, 5) is 0. The molecule has 106 valence electrons. The fraction of sp³-hybridized carbons (Fsp3) is 0.200. The Morgan fingerprint density at radius 3 is 2.10 bits per heavy atom. The molecule has 0 fully saturated rings. The molecule has 0 amide bonds. The summed E-state index contributed by atoms with van der Waals surface area (Å²) in [7, 11) is 0. The normalized spacial score (nSPS) is 12.2. The summed E-state index contributed by atoms with van der Waals surface area (Å²) in [6.45, 7) is -0.900. The molecule has 0 spiro atoms. The summed E-state index contributed by atoms with van der Waals surface area (Å²) in [5.74, 6) is -0.172. The van der Waals surface area contributed by atoms with Crippen molar-refractivity contribution < 1.29 is 17.9 Å².